The van der Waals surface area contributed by atoms with Gasteiger partial charge in [-0.05, 0) is 65.5 Å². The lowest BCUT2D eigenvalue weighted by Crippen LogP contribution is -2.41. The number of H-pyrrole nitrogens is 5. The topological polar surface area (TPSA) is 699 Å². The van der Waals surface area contributed by atoms with E-state index in [1.54, 1.807) is 27.7 Å². The zero-order chi connectivity index (χ0) is 88.0. The molecule has 0 saturated carbocycles. The van der Waals surface area contributed by atoms with Crippen molar-refractivity contribution in [3.05, 3.63) is 164 Å². The van der Waals surface area contributed by atoms with Gasteiger partial charge in [0.05, 0.1) is 53.4 Å². The van der Waals surface area contributed by atoms with Crippen molar-refractivity contribution in [2.24, 2.45) is 0 Å². The minimum atomic E-state index is -4.87. The molecule has 2 radical (unpaired) electrons. The molecule has 0 spiro atoms. The number of methoxy groups -OCH3 is 3. The van der Waals surface area contributed by atoms with Crippen LogP contribution in [0.3, 0.4) is 0 Å². The highest BCUT2D eigenvalue weighted by Gasteiger charge is 2.57. The van der Waals surface area contributed by atoms with Crippen molar-refractivity contribution >= 4 is 61.2 Å². The Morgan fingerprint density at radius 1 is 0.496 bits per heavy atom. The highest BCUT2D eigenvalue weighted by Crippen LogP contribution is 2.44. The lowest BCUT2D eigenvalue weighted by atomic mass is 10.1. The third-order valence-corrected chi connectivity index (χ3v) is 16.6. The van der Waals surface area contributed by atoms with Crippen molar-refractivity contribution in [2.45, 2.75) is 176 Å². The number of nitrogens with zero attached hydrogens (tertiary/aromatic N) is 5. The first kappa shape index (κ1) is 87.1. The van der Waals surface area contributed by atoms with Crippen molar-refractivity contribution in [3.8, 4) is 0 Å². The van der Waals surface area contributed by atoms with Crippen LogP contribution in [0.2, 0.25) is 0 Å². The van der Waals surface area contributed by atoms with E-state index in [1.165, 1.54) is 29.3 Å². The third-order valence-electron chi connectivity index (χ3n) is 16.2. The summed E-state index contributed by atoms with van der Waals surface area (Å²) in [7, 11) is -1.96. The van der Waals surface area contributed by atoms with Crippen molar-refractivity contribution in [1.29, 1.82) is 2.67 Å². The second-order valence-electron chi connectivity index (χ2n) is 25.1. The van der Waals surface area contributed by atoms with Crippen LogP contribution in [0.5, 0.6) is 0 Å². The quantitative estimate of drug-likeness (QED) is 0.0200. The number of aliphatic hydroxyl groups is 8. The molecule has 15 N–H and O–H groups in total. The van der Waals surface area contributed by atoms with Gasteiger partial charge in [-0.15, -0.1) is 0 Å². The Kier molecular flexibility index (Phi) is 30.3. The summed E-state index contributed by atoms with van der Waals surface area (Å²) in [6.45, 7) is 4.99. The molecule has 7 aliphatic heterocycles. The van der Waals surface area contributed by atoms with E-state index >= 15 is 0 Å². The number of aromatic amines is 5. The zero-order valence-corrected chi connectivity index (χ0v) is 63.1. The van der Waals surface area contributed by atoms with Crippen LogP contribution >= 0.6 is 7.82 Å². The Morgan fingerprint density at radius 3 is 1.12 bits per heavy atom. The van der Waals surface area contributed by atoms with Gasteiger partial charge in [-0.2, -0.15) is 0 Å². The molecule has 0 amide bonds. The van der Waals surface area contributed by atoms with Crippen LogP contribution in [0.25, 0.3) is 0 Å². The molecule has 5 aromatic rings. The smallest absolute Gasteiger partial charge is 0.464 e. The van der Waals surface area contributed by atoms with Crippen molar-refractivity contribution in [3.63, 3.8) is 0 Å². The standard InChI is InChI=1S/C14H18N2O7.C12H16N2O5.C11H15N2O11P.C11H14N2O8.C9H12N2O6.2CH4BOS/c1-6-9-10(23-14(2,3)22-9)11(21-6)16-7(12(18)20-4)5-8(17)15-13(16)19;1-6-8-9(19-12(2,3)18-8)10(17-6)14-5-4-7(15)13-11(14)16;1-22-10(17)4-2-6(14)12-11(18)13(4)9-8(16)7(15)5(24-9)3-23-25(19,20)21;1-20-10(18)4-2-6(15)12-11(19)13(4)9-8(17)7(16)5(3-14)21-9;12-3-4-6(14)7(15)8(17-4)11-2-1-5(13)10-9(11)16;2*1-4(2)3/h5-6,9-11H,1-4H3,(H,15,17,19);4-6,8-10H,1-3H3,(H,13,15,16);2,5,7-9,15-16H,3H2,1H3,(H,12,14,18)(H2,19,20,21);2,5,7-9,14,16-17H,3H2,1H3,(H,12,15,19);1-2,4,6-8,12,14-15H,3H2,(H,10,13,16);2*2H,1H3/t6-,9+,10?,11-;6-,8+,9?,10-;2*5-,7+,8?,9-;4-,6+,7?,8-;;/m11111../s1/i2*1T;;;;2*2D. The van der Waals surface area contributed by atoms with E-state index in [4.69, 9.17) is 68.0 Å². The molecule has 5 aromatic heterocycles. The van der Waals surface area contributed by atoms with Gasteiger partial charge in [0.15, 0.2) is 42.7 Å². The first-order valence-electron chi connectivity index (χ1n) is 34.9. The molecule has 22 atom stereocenters. The molecule has 626 valence electrons. The van der Waals surface area contributed by atoms with Crippen LogP contribution in [0.1, 0.15) is 107 Å². The summed E-state index contributed by atoms with van der Waals surface area (Å²) >= 11 is 0. The van der Waals surface area contributed by atoms with E-state index in [-0.39, 0.29) is 19.5 Å². The molecule has 0 aromatic carbocycles. The highest BCUT2D eigenvalue weighted by atomic mass is 32.2. The maximum absolute atomic E-state index is 12.3. The number of nitrogens with one attached hydrogen (secondary N) is 5. The van der Waals surface area contributed by atoms with E-state index in [0.29, 0.717) is 9.13 Å². The lowest BCUT2D eigenvalue weighted by molar-refractivity contribution is -0.195. The Labute approximate surface area is 645 Å². The van der Waals surface area contributed by atoms with Crippen LogP contribution in [0.15, 0.2) is 90.7 Å². The molecule has 54 heteroatoms. The number of phosphoric ester groups is 1. The van der Waals surface area contributed by atoms with E-state index in [1.807, 2.05) is 15.0 Å². The first-order valence-corrected chi connectivity index (χ1v) is 37.1. The minimum absolute atomic E-state index is 0.00914. The molecule has 7 unspecified atom stereocenters. The van der Waals surface area contributed by atoms with Crippen LogP contribution in [-0.4, -0.2) is 298 Å². The van der Waals surface area contributed by atoms with E-state index in [0.717, 1.165) is 75.1 Å². The summed E-state index contributed by atoms with van der Waals surface area (Å²) in [6, 6.07) is 4.84. The zero-order valence-electron chi connectivity index (χ0n) is 64.6. The molecular formula is C59H83B2N10O39PS2. The van der Waals surface area contributed by atoms with Gasteiger partial charge in [-0.1, -0.05) is 0 Å². The molecule has 7 aliphatic rings. The summed E-state index contributed by atoms with van der Waals surface area (Å²) in [5.41, 5.74) is -9.05. The monoisotopic (exact) mass is 1680 g/mol. The Morgan fingerprint density at radius 2 is 0.796 bits per heavy atom. The van der Waals surface area contributed by atoms with Gasteiger partial charge in [0.25, 0.3) is 27.8 Å². The number of phosphoric acid groups is 1. The van der Waals surface area contributed by atoms with Gasteiger partial charge in [-0.25, -0.2) is 42.9 Å². The fourth-order valence-electron chi connectivity index (χ4n) is 11.5. The summed E-state index contributed by atoms with van der Waals surface area (Å²) in [5, 5.41) is 76.6. The van der Waals surface area contributed by atoms with E-state index in [9.17, 15) is 106 Å². The van der Waals surface area contributed by atoms with Gasteiger partial charge in [0.1, 0.15) is 96.4 Å². The third kappa shape index (κ3) is 23.5. The number of aromatic nitrogens is 10. The van der Waals surface area contributed by atoms with Gasteiger partial charge in [-0.3, -0.25) is 84.7 Å². The average molecular weight is 1680 g/mol. The summed E-state index contributed by atoms with van der Waals surface area (Å²) < 4.78 is 130. The lowest BCUT2D eigenvalue weighted by Gasteiger charge is -2.24. The molecule has 12 heterocycles. The number of fused-ring (bicyclic) bond motifs is 2. The number of aliphatic hydroxyl groups excluding tert-OH is 8. The maximum Gasteiger partial charge on any atom is 0.469 e. The van der Waals surface area contributed by atoms with E-state index in [2.05, 4.69) is 28.7 Å². The molecule has 7 saturated heterocycles. The highest BCUT2D eigenvalue weighted by molar-refractivity contribution is 8.06. The van der Waals surface area contributed by atoms with Gasteiger partial charge in [0, 0.05) is 58.0 Å². The second-order valence-corrected chi connectivity index (χ2v) is 28.4. The molecular weight excluding hydrogens is 1590 g/mol. The number of hydrogen-bond donors (Lipinski definition) is 15. The fourth-order valence-corrected chi connectivity index (χ4v) is 11.9. The summed E-state index contributed by atoms with van der Waals surface area (Å²) in [6.07, 6.45) is -16.4. The average Bonchev–Trinajstić information content (AvgIpc) is 1.61. The number of hydrogen-bond acceptors (Lipinski definition) is 37. The SMILES string of the molecule is COC(=O)c1cc(=O)[nH]c(=O)n1[C@@H]1O[C@H](CO)[C@H](O)C1O.COC(=O)c1cc(=O)[nH]c(=O)n1[C@@H]1O[C@H](COP(=O)(O)O)[C@H](O)C1O.O=c1ccn([C@@H]2O[C@H](CO)[C@H](O)C2O)c(=O)[nH]1.[2H][B]S(C)=O.[2H][B]S(C)=O.[3H]C[C@H]1O[C@@H](n2c(C(=O)OC)cc(=O)[nH]c2=O)C2OC(C)(C)O[C@H]21.[3H]C[C@H]1O[C@@H](n2ccc(=O)[nH]c2=O)C2OC(C)(C)O[C@H]21. The molecule has 113 heavy (non-hydrogen) atoms. The second kappa shape index (κ2) is 39.3. The normalized spacial score (nSPS) is 30.2. The first-order chi connectivity index (χ1) is 54.7. The van der Waals surface area contributed by atoms with Gasteiger partial charge in [0.2, 0.25) is 14.2 Å². The van der Waals surface area contributed by atoms with Crippen LogP contribution in [0.4, 0.5) is 0 Å². The van der Waals surface area contributed by atoms with Crippen molar-refractivity contribution in [1.82, 2.24) is 47.8 Å². The molecule has 0 bridgehead atoms. The summed E-state index contributed by atoms with van der Waals surface area (Å²) in [5.74, 6) is -4.62. The fraction of sp³-hybridized carbons (Fsp3) is 0.610. The number of esters is 3. The van der Waals surface area contributed by atoms with E-state index < -0.39 is 269 Å². The van der Waals surface area contributed by atoms with Gasteiger partial charge < -0.3 is 107 Å². The van der Waals surface area contributed by atoms with Crippen LogP contribution in [0, 0.1) is 0 Å². The number of rotatable bonds is 15. The number of carbonyl (C=O) groups is 3. The Hall–Kier alpha value is -8.33. The molecule has 49 nitrogen and oxygen atoms in total. The molecule has 0 aliphatic carbocycles. The summed E-state index contributed by atoms with van der Waals surface area (Å²) in [4.78, 5) is 178. The number of ether oxygens (including phenoxy) is 12. The Bertz CT molecular complexity index is 5010. The predicted molar refractivity (Wildman–Crippen MR) is 380 cm³/mol. The predicted octanol–water partition coefficient (Wildman–Crippen LogP) is -10.8. The van der Waals surface area contributed by atoms with Crippen LogP contribution in [-0.2, 0) is 87.2 Å². The maximum atomic E-state index is 12.3. The van der Waals surface area contributed by atoms with Gasteiger partial charge >= 0.3 is 54.2 Å². The van der Waals surface area contributed by atoms with Crippen LogP contribution < -0.4 is 56.2 Å². The minimum Gasteiger partial charge on any atom is -0.464 e. The van der Waals surface area contributed by atoms with Crippen molar-refractivity contribution < 1.29 is 142 Å². The molecule has 12 rings (SSSR count). The number of carbonyl (C=O) groups excluding carboxylic acids is 3. The largest absolute Gasteiger partial charge is 0.469 e. The van der Waals surface area contributed by atoms with Crippen molar-refractivity contribution in [2.75, 3.05) is 53.7 Å². The molecule has 7 fully saturated rings. The Balaban J connectivity index is 0.000000221.